The van der Waals surface area contributed by atoms with Crippen molar-refractivity contribution in [2.75, 3.05) is 27.2 Å². The molecule has 0 aliphatic rings. The first-order valence-corrected chi connectivity index (χ1v) is 6.62. The van der Waals surface area contributed by atoms with Crippen molar-refractivity contribution in [3.63, 3.8) is 0 Å². The number of ether oxygens (including phenoxy) is 1. The first-order chi connectivity index (χ1) is 9.93. The van der Waals surface area contributed by atoms with Gasteiger partial charge >= 0.3 is 6.61 Å². The second-order valence-corrected chi connectivity index (χ2v) is 4.55. The Bertz CT molecular complexity index is 450. The molecule has 1 atom stereocenters. The van der Waals surface area contributed by atoms with Gasteiger partial charge in [0.25, 0.3) is 0 Å². The minimum Gasteiger partial charge on any atom is -0.435 e. The van der Waals surface area contributed by atoms with Crippen LogP contribution in [0.1, 0.15) is 18.6 Å². The van der Waals surface area contributed by atoms with Gasteiger partial charge in [0, 0.05) is 20.6 Å². The van der Waals surface area contributed by atoms with Gasteiger partial charge in [0.1, 0.15) is 5.75 Å². The third-order valence-corrected chi connectivity index (χ3v) is 2.66. The molecule has 0 aliphatic carbocycles. The molecule has 0 aliphatic heterocycles. The summed E-state index contributed by atoms with van der Waals surface area (Å²) in [5.41, 5.74) is 0.593. The molecule has 0 aromatic heterocycles. The molecule has 7 heteroatoms. The highest BCUT2D eigenvalue weighted by molar-refractivity contribution is 5.79. The summed E-state index contributed by atoms with van der Waals surface area (Å²) in [4.78, 5) is 6.11. The fraction of sp³-hybridized carbons (Fsp3) is 0.500. The standard InChI is InChI=1S/C14H21F2N3O2/c1-4-17-14(19(2)3)18-9-12(20)10-5-7-11(8-6-10)21-13(15)16/h5-8,12-13,20H,4,9H2,1-3H3,(H,17,18). The zero-order chi connectivity index (χ0) is 15.8. The minimum atomic E-state index is -2.85. The average molecular weight is 301 g/mol. The predicted octanol–water partition coefficient (Wildman–Crippen LogP) is 1.85. The van der Waals surface area contributed by atoms with Crippen LogP contribution >= 0.6 is 0 Å². The number of aliphatic hydroxyl groups is 1. The Kier molecular flexibility index (Phi) is 6.87. The molecule has 0 saturated carbocycles. The van der Waals surface area contributed by atoms with Gasteiger partial charge in [-0.1, -0.05) is 12.1 Å². The van der Waals surface area contributed by atoms with E-state index in [0.29, 0.717) is 11.5 Å². The molecular formula is C14H21F2N3O2. The quantitative estimate of drug-likeness (QED) is 0.622. The third kappa shape index (κ3) is 5.95. The van der Waals surface area contributed by atoms with Crippen LogP contribution in [0.3, 0.4) is 0 Å². The molecule has 2 N–H and O–H groups in total. The van der Waals surface area contributed by atoms with Crippen LogP contribution in [0.5, 0.6) is 5.75 Å². The largest absolute Gasteiger partial charge is 0.435 e. The van der Waals surface area contributed by atoms with Crippen LogP contribution < -0.4 is 10.1 Å². The van der Waals surface area contributed by atoms with Crippen LogP contribution in [-0.2, 0) is 0 Å². The van der Waals surface area contributed by atoms with Gasteiger partial charge in [0.2, 0.25) is 0 Å². The molecule has 5 nitrogen and oxygen atoms in total. The molecule has 0 saturated heterocycles. The molecule has 0 spiro atoms. The van der Waals surface area contributed by atoms with Crippen LogP contribution in [0, 0.1) is 0 Å². The van der Waals surface area contributed by atoms with Gasteiger partial charge in [0.05, 0.1) is 12.6 Å². The van der Waals surface area contributed by atoms with Gasteiger partial charge in [-0.05, 0) is 24.6 Å². The van der Waals surface area contributed by atoms with Gasteiger partial charge in [0.15, 0.2) is 5.96 Å². The smallest absolute Gasteiger partial charge is 0.387 e. The molecule has 1 rings (SSSR count). The Morgan fingerprint density at radius 2 is 1.95 bits per heavy atom. The van der Waals surface area contributed by atoms with E-state index in [9.17, 15) is 13.9 Å². The lowest BCUT2D eigenvalue weighted by atomic mass is 10.1. The molecule has 0 fully saturated rings. The second kappa shape index (κ2) is 8.41. The van der Waals surface area contributed by atoms with Crippen molar-refractivity contribution in [2.24, 2.45) is 4.99 Å². The Morgan fingerprint density at radius 3 is 2.43 bits per heavy atom. The molecule has 118 valence electrons. The maximum atomic E-state index is 12.0. The zero-order valence-electron chi connectivity index (χ0n) is 12.4. The topological polar surface area (TPSA) is 57.1 Å². The van der Waals surface area contributed by atoms with E-state index < -0.39 is 12.7 Å². The van der Waals surface area contributed by atoms with Crippen LogP contribution in [-0.4, -0.2) is 49.8 Å². The number of hydrogen-bond acceptors (Lipinski definition) is 3. The van der Waals surface area contributed by atoms with E-state index in [1.807, 2.05) is 25.9 Å². The van der Waals surface area contributed by atoms with Crippen molar-refractivity contribution in [1.29, 1.82) is 0 Å². The van der Waals surface area contributed by atoms with Crippen molar-refractivity contribution in [2.45, 2.75) is 19.6 Å². The van der Waals surface area contributed by atoms with E-state index in [4.69, 9.17) is 0 Å². The zero-order valence-corrected chi connectivity index (χ0v) is 12.4. The average Bonchev–Trinajstić information content (AvgIpc) is 2.43. The Morgan fingerprint density at radius 1 is 1.33 bits per heavy atom. The number of guanidine groups is 1. The van der Waals surface area contributed by atoms with Gasteiger partial charge in [-0.25, -0.2) is 0 Å². The number of alkyl halides is 2. The van der Waals surface area contributed by atoms with E-state index in [1.165, 1.54) is 12.1 Å². The van der Waals surface area contributed by atoms with Crippen LogP contribution in [0.15, 0.2) is 29.3 Å². The molecule has 1 aromatic rings. The van der Waals surface area contributed by atoms with Gasteiger partial charge in [-0.2, -0.15) is 8.78 Å². The normalized spacial score (nSPS) is 13.2. The monoisotopic (exact) mass is 301 g/mol. The fourth-order valence-corrected chi connectivity index (χ4v) is 1.66. The highest BCUT2D eigenvalue weighted by Gasteiger charge is 2.10. The number of aliphatic imine (C=N–C) groups is 1. The van der Waals surface area contributed by atoms with Gasteiger partial charge in [-0.3, -0.25) is 4.99 Å². The Labute approximate surface area is 123 Å². The maximum absolute atomic E-state index is 12.0. The second-order valence-electron chi connectivity index (χ2n) is 4.55. The summed E-state index contributed by atoms with van der Waals surface area (Å²) in [5, 5.41) is 13.1. The van der Waals surface area contributed by atoms with Crippen molar-refractivity contribution >= 4 is 5.96 Å². The molecule has 21 heavy (non-hydrogen) atoms. The van der Waals surface area contributed by atoms with Gasteiger partial charge in [-0.15, -0.1) is 0 Å². The predicted molar refractivity (Wildman–Crippen MR) is 77.7 cm³/mol. The SMILES string of the molecule is CCNC(=NCC(O)c1ccc(OC(F)F)cc1)N(C)C. The summed E-state index contributed by atoms with van der Waals surface area (Å²) in [6, 6.07) is 5.87. The summed E-state index contributed by atoms with van der Waals surface area (Å²) in [6.07, 6.45) is -0.806. The number of rotatable bonds is 6. The summed E-state index contributed by atoms with van der Waals surface area (Å²) in [5.74, 6) is 0.736. The van der Waals surface area contributed by atoms with Crippen molar-refractivity contribution in [3.05, 3.63) is 29.8 Å². The molecule has 0 radical (unpaired) electrons. The van der Waals surface area contributed by atoms with Crippen molar-refractivity contribution < 1.29 is 18.6 Å². The van der Waals surface area contributed by atoms with Crippen LogP contribution in [0.25, 0.3) is 0 Å². The van der Waals surface area contributed by atoms with Crippen LogP contribution in [0.2, 0.25) is 0 Å². The van der Waals surface area contributed by atoms with E-state index in [1.54, 1.807) is 12.1 Å². The molecule has 0 amide bonds. The number of aliphatic hydroxyl groups excluding tert-OH is 1. The highest BCUT2D eigenvalue weighted by atomic mass is 19.3. The number of nitrogens with one attached hydrogen (secondary N) is 1. The fourth-order valence-electron chi connectivity index (χ4n) is 1.66. The first kappa shape index (κ1) is 17.2. The molecule has 1 unspecified atom stereocenters. The molecule has 0 bridgehead atoms. The number of halogens is 2. The summed E-state index contributed by atoms with van der Waals surface area (Å²) < 4.78 is 28.3. The Balaban J connectivity index is 2.66. The Hall–Kier alpha value is -1.89. The van der Waals surface area contributed by atoms with E-state index in [2.05, 4.69) is 15.0 Å². The van der Waals surface area contributed by atoms with Gasteiger partial charge < -0.3 is 20.1 Å². The third-order valence-electron chi connectivity index (χ3n) is 2.66. The summed E-state index contributed by atoms with van der Waals surface area (Å²) in [6.45, 7) is 0.00706. The van der Waals surface area contributed by atoms with Crippen molar-refractivity contribution in [1.82, 2.24) is 10.2 Å². The van der Waals surface area contributed by atoms with E-state index in [0.717, 1.165) is 6.54 Å². The molecular weight excluding hydrogens is 280 g/mol. The van der Waals surface area contributed by atoms with Crippen molar-refractivity contribution in [3.8, 4) is 5.75 Å². The lowest BCUT2D eigenvalue weighted by Crippen LogP contribution is -2.36. The van der Waals surface area contributed by atoms with E-state index >= 15 is 0 Å². The lowest BCUT2D eigenvalue weighted by molar-refractivity contribution is -0.0498. The highest BCUT2D eigenvalue weighted by Crippen LogP contribution is 2.19. The van der Waals surface area contributed by atoms with E-state index in [-0.39, 0.29) is 12.3 Å². The van der Waals surface area contributed by atoms with Crippen LogP contribution in [0.4, 0.5) is 8.78 Å². The molecule has 1 aromatic carbocycles. The number of benzene rings is 1. The number of nitrogens with zero attached hydrogens (tertiary/aromatic N) is 2. The first-order valence-electron chi connectivity index (χ1n) is 6.62. The molecule has 0 heterocycles. The number of hydrogen-bond donors (Lipinski definition) is 2. The summed E-state index contributed by atoms with van der Waals surface area (Å²) >= 11 is 0. The maximum Gasteiger partial charge on any atom is 0.387 e. The summed E-state index contributed by atoms with van der Waals surface area (Å²) in [7, 11) is 3.70. The minimum absolute atomic E-state index is 0.0612. The lowest BCUT2D eigenvalue weighted by Gasteiger charge is -2.17.